The van der Waals surface area contributed by atoms with Crippen molar-refractivity contribution in [3.05, 3.63) is 72.8 Å². The average molecular weight is 254 g/mol. The molecule has 2 aromatic rings. The molecule has 18 heavy (non-hydrogen) atoms. The van der Waals surface area contributed by atoms with Crippen LogP contribution in [-0.4, -0.2) is 6.16 Å². The fraction of sp³-hybridized carbons (Fsp3) is 0.176. The van der Waals surface area contributed by atoms with Crippen molar-refractivity contribution in [2.75, 3.05) is 6.16 Å². The first-order chi connectivity index (χ1) is 8.92. The van der Waals surface area contributed by atoms with Crippen LogP contribution in [0.1, 0.15) is 13.3 Å². The summed E-state index contributed by atoms with van der Waals surface area (Å²) in [6.45, 7) is 2.18. The molecule has 0 spiro atoms. The molecule has 2 rings (SSSR count). The first-order valence-corrected chi connectivity index (χ1v) is 7.97. The second kappa shape index (κ2) is 7.13. The van der Waals surface area contributed by atoms with E-state index in [0.29, 0.717) is 0 Å². The largest absolute Gasteiger partial charge is 0.0884 e. The van der Waals surface area contributed by atoms with E-state index in [1.54, 1.807) is 0 Å². The standard InChI is InChI=1S/C17H19P/c1-2-3-10-15-18(16-11-6-4-7-12-16)17-13-8-5-9-14-17/h3-14H,2,15H2,1H3/b10-3+. The zero-order valence-corrected chi connectivity index (χ0v) is 11.7. The minimum atomic E-state index is -0.249. The summed E-state index contributed by atoms with van der Waals surface area (Å²) in [7, 11) is -0.249. The van der Waals surface area contributed by atoms with Crippen molar-refractivity contribution in [2.24, 2.45) is 0 Å². The Kier molecular flexibility index (Phi) is 5.17. The van der Waals surface area contributed by atoms with Crippen molar-refractivity contribution >= 4 is 18.5 Å². The lowest BCUT2D eigenvalue weighted by molar-refractivity contribution is 1.22. The minimum Gasteiger partial charge on any atom is -0.0884 e. The molecule has 0 fully saturated rings. The van der Waals surface area contributed by atoms with Crippen molar-refractivity contribution in [2.45, 2.75) is 13.3 Å². The quantitative estimate of drug-likeness (QED) is 0.557. The van der Waals surface area contributed by atoms with E-state index in [1.165, 1.54) is 10.6 Å². The fourth-order valence-electron chi connectivity index (χ4n) is 1.92. The van der Waals surface area contributed by atoms with E-state index >= 15 is 0 Å². The van der Waals surface area contributed by atoms with Gasteiger partial charge in [0.25, 0.3) is 0 Å². The van der Waals surface area contributed by atoms with Gasteiger partial charge in [0.2, 0.25) is 0 Å². The van der Waals surface area contributed by atoms with E-state index in [9.17, 15) is 0 Å². The maximum atomic E-state index is 2.33. The van der Waals surface area contributed by atoms with E-state index in [2.05, 4.69) is 79.7 Å². The summed E-state index contributed by atoms with van der Waals surface area (Å²) >= 11 is 0. The maximum absolute atomic E-state index is 2.33. The molecular formula is C17H19P. The van der Waals surface area contributed by atoms with Crippen molar-refractivity contribution in [1.29, 1.82) is 0 Å². The molecule has 0 amide bonds. The Morgan fingerprint density at radius 3 is 1.72 bits per heavy atom. The van der Waals surface area contributed by atoms with Crippen molar-refractivity contribution < 1.29 is 0 Å². The van der Waals surface area contributed by atoms with E-state index in [1.807, 2.05) is 0 Å². The highest BCUT2D eigenvalue weighted by Gasteiger charge is 2.10. The van der Waals surface area contributed by atoms with Crippen LogP contribution in [0.3, 0.4) is 0 Å². The second-order valence-electron chi connectivity index (χ2n) is 4.16. The van der Waals surface area contributed by atoms with Gasteiger partial charge in [-0.3, -0.25) is 0 Å². The molecule has 0 nitrogen and oxygen atoms in total. The predicted octanol–water partition coefficient (Wildman–Crippen LogP) is 4.09. The molecular weight excluding hydrogens is 235 g/mol. The van der Waals surface area contributed by atoms with Crippen LogP contribution in [0, 0.1) is 0 Å². The van der Waals surface area contributed by atoms with Crippen LogP contribution in [0.5, 0.6) is 0 Å². The molecule has 2 aromatic carbocycles. The molecule has 0 bridgehead atoms. The third kappa shape index (κ3) is 3.55. The minimum absolute atomic E-state index is 0.249. The Morgan fingerprint density at radius 2 is 1.28 bits per heavy atom. The van der Waals surface area contributed by atoms with Crippen LogP contribution in [0.2, 0.25) is 0 Å². The topological polar surface area (TPSA) is 0 Å². The number of hydrogen-bond acceptors (Lipinski definition) is 0. The van der Waals surface area contributed by atoms with Gasteiger partial charge in [-0.1, -0.05) is 79.7 Å². The van der Waals surface area contributed by atoms with Gasteiger partial charge in [-0.05, 0) is 31.1 Å². The van der Waals surface area contributed by atoms with E-state index in [-0.39, 0.29) is 7.92 Å². The van der Waals surface area contributed by atoms with Crippen LogP contribution in [0.4, 0.5) is 0 Å². The Labute approximate surface area is 111 Å². The first kappa shape index (κ1) is 13.1. The van der Waals surface area contributed by atoms with Gasteiger partial charge < -0.3 is 0 Å². The van der Waals surface area contributed by atoms with Gasteiger partial charge >= 0.3 is 0 Å². The van der Waals surface area contributed by atoms with Crippen molar-refractivity contribution in [3.63, 3.8) is 0 Å². The second-order valence-corrected chi connectivity index (χ2v) is 6.42. The molecule has 0 aliphatic rings. The predicted molar refractivity (Wildman–Crippen MR) is 83.4 cm³/mol. The highest BCUT2D eigenvalue weighted by molar-refractivity contribution is 7.73. The summed E-state index contributed by atoms with van der Waals surface area (Å²) < 4.78 is 0. The third-order valence-corrected chi connectivity index (χ3v) is 5.25. The smallest absolute Gasteiger partial charge is 0.00642 e. The molecule has 0 aromatic heterocycles. The first-order valence-electron chi connectivity index (χ1n) is 6.44. The lowest BCUT2D eigenvalue weighted by Gasteiger charge is -2.16. The number of allylic oxidation sites excluding steroid dienone is 2. The Bertz CT molecular complexity index is 434. The molecule has 92 valence electrons. The van der Waals surface area contributed by atoms with Gasteiger partial charge in [0.1, 0.15) is 0 Å². The fourth-order valence-corrected chi connectivity index (χ4v) is 4.07. The molecule has 0 saturated carbocycles. The molecule has 0 N–H and O–H groups in total. The summed E-state index contributed by atoms with van der Waals surface area (Å²) in [5.41, 5.74) is 0. The molecule has 0 radical (unpaired) electrons. The van der Waals surface area contributed by atoms with Gasteiger partial charge in [0.05, 0.1) is 0 Å². The maximum Gasteiger partial charge on any atom is -0.00642 e. The molecule has 0 saturated heterocycles. The summed E-state index contributed by atoms with van der Waals surface area (Å²) in [5, 5.41) is 2.92. The zero-order chi connectivity index (χ0) is 12.6. The Morgan fingerprint density at radius 1 is 0.778 bits per heavy atom. The van der Waals surface area contributed by atoms with Crippen LogP contribution in [-0.2, 0) is 0 Å². The summed E-state index contributed by atoms with van der Waals surface area (Å²) in [5.74, 6) is 0. The van der Waals surface area contributed by atoms with Crippen LogP contribution < -0.4 is 10.6 Å². The molecule has 0 unspecified atom stereocenters. The van der Waals surface area contributed by atoms with Crippen molar-refractivity contribution in [3.8, 4) is 0 Å². The SMILES string of the molecule is CC/C=C/CP(c1ccccc1)c1ccccc1. The van der Waals surface area contributed by atoms with E-state index < -0.39 is 0 Å². The Balaban J connectivity index is 2.26. The molecule has 0 aliphatic heterocycles. The highest BCUT2D eigenvalue weighted by Crippen LogP contribution is 2.33. The zero-order valence-electron chi connectivity index (χ0n) is 10.8. The highest BCUT2D eigenvalue weighted by atomic mass is 31.1. The van der Waals surface area contributed by atoms with Crippen LogP contribution in [0.15, 0.2) is 72.8 Å². The van der Waals surface area contributed by atoms with E-state index in [0.717, 1.165) is 12.6 Å². The molecule has 0 aliphatic carbocycles. The molecule has 0 atom stereocenters. The van der Waals surface area contributed by atoms with Crippen LogP contribution in [0.25, 0.3) is 0 Å². The van der Waals surface area contributed by atoms with Crippen molar-refractivity contribution in [1.82, 2.24) is 0 Å². The number of benzene rings is 2. The Hall–Kier alpha value is -1.39. The molecule has 0 heterocycles. The van der Waals surface area contributed by atoms with Crippen LogP contribution >= 0.6 is 7.92 Å². The van der Waals surface area contributed by atoms with E-state index in [4.69, 9.17) is 0 Å². The normalized spacial score (nSPS) is 11.2. The van der Waals surface area contributed by atoms with Gasteiger partial charge in [-0.2, -0.15) is 0 Å². The third-order valence-electron chi connectivity index (χ3n) is 2.83. The van der Waals surface area contributed by atoms with Gasteiger partial charge in [0, 0.05) is 0 Å². The number of hydrogen-bond donors (Lipinski definition) is 0. The lowest BCUT2D eigenvalue weighted by Crippen LogP contribution is -2.12. The van der Waals surface area contributed by atoms with Gasteiger partial charge in [-0.25, -0.2) is 0 Å². The average Bonchev–Trinajstić information content (AvgIpc) is 2.46. The van der Waals surface area contributed by atoms with Gasteiger partial charge in [0.15, 0.2) is 0 Å². The summed E-state index contributed by atoms with van der Waals surface area (Å²) in [6.07, 6.45) is 6.84. The number of rotatable bonds is 5. The molecule has 1 heteroatoms. The summed E-state index contributed by atoms with van der Waals surface area (Å²) in [4.78, 5) is 0. The lowest BCUT2D eigenvalue weighted by atomic mass is 10.4. The monoisotopic (exact) mass is 254 g/mol. The summed E-state index contributed by atoms with van der Waals surface area (Å²) in [6, 6.07) is 21.7. The van der Waals surface area contributed by atoms with Gasteiger partial charge in [-0.15, -0.1) is 0 Å².